The number of hydrogen-bond donors (Lipinski definition) is 2. The molecule has 0 aliphatic carbocycles. The van der Waals surface area contributed by atoms with Gasteiger partial charge in [0.25, 0.3) is 0 Å². The third kappa shape index (κ3) is 4.09. The molecule has 6 nitrogen and oxygen atoms in total. The van der Waals surface area contributed by atoms with Crippen LogP contribution < -0.4 is 10.6 Å². The fraction of sp³-hybridized carbons (Fsp3) is 0.125. The summed E-state index contributed by atoms with van der Waals surface area (Å²) in [6.07, 6.45) is 1.15. The van der Waals surface area contributed by atoms with Gasteiger partial charge in [-0.2, -0.15) is 0 Å². The van der Waals surface area contributed by atoms with Crippen LogP contribution in [0.1, 0.15) is 5.56 Å². The lowest BCUT2D eigenvalue weighted by molar-refractivity contribution is 0.262. The van der Waals surface area contributed by atoms with Gasteiger partial charge in [-0.25, -0.2) is 18.2 Å². The molecule has 0 spiro atoms. The van der Waals surface area contributed by atoms with Crippen LogP contribution >= 0.6 is 22.9 Å². The molecule has 0 fully saturated rings. The molecule has 0 aliphatic rings. The Morgan fingerprint density at radius 2 is 1.92 bits per heavy atom. The molecule has 130 valence electrons. The molecule has 3 rings (SSSR count). The van der Waals surface area contributed by atoms with Crippen molar-refractivity contribution in [1.82, 2.24) is 4.98 Å². The third-order valence-corrected chi connectivity index (χ3v) is 5.74. The highest BCUT2D eigenvalue weighted by Crippen LogP contribution is 2.28. The van der Waals surface area contributed by atoms with Crippen LogP contribution in [0.25, 0.3) is 10.2 Å². The van der Waals surface area contributed by atoms with Crippen LogP contribution in [-0.2, 0) is 9.84 Å². The number of hydrogen-bond acceptors (Lipinski definition) is 5. The van der Waals surface area contributed by atoms with Crippen molar-refractivity contribution in [1.29, 1.82) is 0 Å². The van der Waals surface area contributed by atoms with Crippen molar-refractivity contribution >= 4 is 59.8 Å². The van der Waals surface area contributed by atoms with Crippen LogP contribution in [0.2, 0.25) is 5.02 Å². The average Bonchev–Trinajstić information content (AvgIpc) is 2.90. The van der Waals surface area contributed by atoms with Gasteiger partial charge in [0.05, 0.1) is 25.8 Å². The molecular weight excluding hydrogens is 382 g/mol. The summed E-state index contributed by atoms with van der Waals surface area (Å²) in [4.78, 5) is 16.6. The van der Waals surface area contributed by atoms with Crippen LogP contribution in [-0.4, -0.2) is 25.7 Å². The second-order valence-corrected chi connectivity index (χ2v) is 8.94. The van der Waals surface area contributed by atoms with E-state index in [4.69, 9.17) is 11.6 Å². The van der Waals surface area contributed by atoms with E-state index in [-0.39, 0.29) is 4.90 Å². The Balaban J connectivity index is 1.79. The number of carbonyl (C=O) groups is 1. The van der Waals surface area contributed by atoms with E-state index < -0.39 is 15.9 Å². The van der Waals surface area contributed by atoms with E-state index in [1.807, 2.05) is 13.0 Å². The first-order chi connectivity index (χ1) is 11.7. The van der Waals surface area contributed by atoms with Crippen molar-refractivity contribution in [2.45, 2.75) is 11.8 Å². The molecule has 1 heterocycles. The summed E-state index contributed by atoms with van der Waals surface area (Å²) in [6, 6.07) is 9.48. The normalized spacial score (nSPS) is 11.5. The summed E-state index contributed by atoms with van der Waals surface area (Å²) < 4.78 is 23.9. The lowest BCUT2D eigenvalue weighted by Crippen LogP contribution is -2.19. The molecule has 0 saturated heterocycles. The molecule has 0 radical (unpaired) electrons. The van der Waals surface area contributed by atoms with Crippen LogP contribution in [0, 0.1) is 6.92 Å². The van der Waals surface area contributed by atoms with E-state index in [0.717, 1.165) is 11.8 Å². The largest absolute Gasteiger partial charge is 0.325 e. The predicted octanol–water partition coefficient (Wildman–Crippen LogP) is 4.31. The summed E-state index contributed by atoms with van der Waals surface area (Å²) in [6.45, 7) is 1.90. The number of amides is 2. The number of nitrogens with zero attached hydrogens (tertiary/aromatic N) is 1. The van der Waals surface area contributed by atoms with Crippen molar-refractivity contribution in [3.8, 4) is 0 Å². The maximum atomic E-state index is 12.1. The van der Waals surface area contributed by atoms with Crippen LogP contribution in [0.15, 0.2) is 41.3 Å². The van der Waals surface area contributed by atoms with E-state index in [1.54, 1.807) is 24.3 Å². The topological polar surface area (TPSA) is 88.2 Å². The standard InChI is InChI=1S/C16H14ClN3O3S2/c1-9-3-5-12(11(17)7-9)18-15(21)20-16-19-13-6-4-10(25(2,22)23)8-14(13)24-16/h3-8H,1-2H3,(H2,18,19,20,21). The first kappa shape index (κ1) is 17.7. The summed E-state index contributed by atoms with van der Waals surface area (Å²) in [5, 5.41) is 6.09. The van der Waals surface area contributed by atoms with Gasteiger partial charge in [-0.15, -0.1) is 0 Å². The van der Waals surface area contributed by atoms with Gasteiger partial charge < -0.3 is 5.32 Å². The molecule has 0 atom stereocenters. The summed E-state index contributed by atoms with van der Waals surface area (Å²) in [5.41, 5.74) is 2.09. The molecular formula is C16H14ClN3O3S2. The number of carbonyl (C=O) groups excluding carboxylic acids is 1. The van der Waals surface area contributed by atoms with Crippen molar-refractivity contribution < 1.29 is 13.2 Å². The zero-order valence-corrected chi connectivity index (χ0v) is 15.7. The smallest absolute Gasteiger partial charge is 0.306 e. The Hall–Kier alpha value is -2.16. The van der Waals surface area contributed by atoms with Gasteiger partial charge in [-0.3, -0.25) is 5.32 Å². The molecule has 2 N–H and O–H groups in total. The van der Waals surface area contributed by atoms with E-state index in [2.05, 4.69) is 15.6 Å². The van der Waals surface area contributed by atoms with Gasteiger partial charge in [0.1, 0.15) is 0 Å². The lowest BCUT2D eigenvalue weighted by Gasteiger charge is -2.07. The molecule has 3 aromatic rings. The van der Waals surface area contributed by atoms with Gasteiger partial charge in [-0.1, -0.05) is 29.0 Å². The highest BCUT2D eigenvalue weighted by Gasteiger charge is 2.13. The Morgan fingerprint density at radius 3 is 2.60 bits per heavy atom. The SMILES string of the molecule is Cc1ccc(NC(=O)Nc2nc3ccc(S(C)(=O)=O)cc3s2)c(Cl)c1. The molecule has 25 heavy (non-hydrogen) atoms. The Kier molecular flexibility index (Phi) is 4.68. The lowest BCUT2D eigenvalue weighted by atomic mass is 10.2. The summed E-state index contributed by atoms with van der Waals surface area (Å²) >= 11 is 7.28. The van der Waals surface area contributed by atoms with Crippen molar-refractivity contribution in [3.05, 3.63) is 47.0 Å². The van der Waals surface area contributed by atoms with Crippen molar-refractivity contribution in [3.63, 3.8) is 0 Å². The highest BCUT2D eigenvalue weighted by molar-refractivity contribution is 7.90. The number of aryl methyl sites for hydroxylation is 1. The van der Waals surface area contributed by atoms with E-state index in [0.29, 0.717) is 26.1 Å². The van der Waals surface area contributed by atoms with Gasteiger partial charge in [0.15, 0.2) is 15.0 Å². The molecule has 1 aromatic heterocycles. The van der Waals surface area contributed by atoms with Crippen molar-refractivity contribution in [2.75, 3.05) is 16.9 Å². The molecule has 0 bridgehead atoms. The first-order valence-corrected chi connectivity index (χ1v) is 10.3. The number of benzene rings is 2. The quantitative estimate of drug-likeness (QED) is 0.691. The molecule has 9 heteroatoms. The van der Waals surface area contributed by atoms with Gasteiger partial charge in [0.2, 0.25) is 0 Å². The number of fused-ring (bicyclic) bond motifs is 1. The molecule has 0 saturated carbocycles. The molecule has 2 amide bonds. The summed E-state index contributed by atoms with van der Waals surface area (Å²) in [5.74, 6) is 0. The predicted molar refractivity (Wildman–Crippen MR) is 102 cm³/mol. The number of sulfone groups is 1. The molecule has 0 unspecified atom stereocenters. The zero-order valence-electron chi connectivity index (χ0n) is 13.3. The second kappa shape index (κ2) is 6.62. The zero-order chi connectivity index (χ0) is 18.2. The minimum atomic E-state index is -3.29. The minimum Gasteiger partial charge on any atom is -0.306 e. The maximum Gasteiger partial charge on any atom is 0.325 e. The number of nitrogens with one attached hydrogen (secondary N) is 2. The Morgan fingerprint density at radius 1 is 1.16 bits per heavy atom. The fourth-order valence-corrected chi connectivity index (χ4v) is 4.07. The minimum absolute atomic E-state index is 0.214. The Bertz CT molecular complexity index is 1080. The third-order valence-electron chi connectivity index (χ3n) is 3.38. The molecule has 2 aromatic carbocycles. The number of aromatic nitrogens is 1. The maximum absolute atomic E-state index is 12.1. The molecule has 0 aliphatic heterocycles. The van der Waals surface area contributed by atoms with E-state index in [9.17, 15) is 13.2 Å². The van der Waals surface area contributed by atoms with E-state index >= 15 is 0 Å². The fourth-order valence-electron chi connectivity index (χ4n) is 2.16. The number of anilines is 2. The van der Waals surface area contributed by atoms with Gasteiger partial charge >= 0.3 is 6.03 Å². The number of urea groups is 1. The number of thiazole rings is 1. The summed E-state index contributed by atoms with van der Waals surface area (Å²) in [7, 11) is -3.29. The highest BCUT2D eigenvalue weighted by atomic mass is 35.5. The van der Waals surface area contributed by atoms with Gasteiger partial charge in [-0.05, 0) is 42.8 Å². The van der Waals surface area contributed by atoms with Crippen LogP contribution in [0.3, 0.4) is 0 Å². The second-order valence-electron chi connectivity index (χ2n) is 5.48. The van der Waals surface area contributed by atoms with E-state index in [1.165, 1.54) is 17.4 Å². The number of rotatable bonds is 3. The van der Waals surface area contributed by atoms with Crippen LogP contribution in [0.4, 0.5) is 15.6 Å². The Labute approximate surface area is 153 Å². The van der Waals surface area contributed by atoms with Crippen molar-refractivity contribution in [2.24, 2.45) is 0 Å². The first-order valence-electron chi connectivity index (χ1n) is 7.17. The van der Waals surface area contributed by atoms with Crippen LogP contribution in [0.5, 0.6) is 0 Å². The number of halogens is 1. The average molecular weight is 396 g/mol. The van der Waals surface area contributed by atoms with Gasteiger partial charge in [0, 0.05) is 6.26 Å². The monoisotopic (exact) mass is 395 g/mol.